The molecule has 84 valence electrons. The van der Waals surface area contributed by atoms with Gasteiger partial charge in [0, 0.05) is 0 Å². The van der Waals surface area contributed by atoms with Gasteiger partial charge in [0.1, 0.15) is 24.2 Å². The molecular formula is C11H13FN4. The van der Waals surface area contributed by atoms with Gasteiger partial charge in [0.25, 0.3) is 0 Å². The van der Waals surface area contributed by atoms with Crippen molar-refractivity contribution >= 4 is 0 Å². The molecule has 0 saturated carbocycles. The van der Waals surface area contributed by atoms with Gasteiger partial charge in [-0.05, 0) is 30.2 Å². The molecule has 0 aliphatic carbocycles. The van der Waals surface area contributed by atoms with Crippen molar-refractivity contribution in [2.45, 2.75) is 12.8 Å². The van der Waals surface area contributed by atoms with Crippen LogP contribution in [0.25, 0.3) is 5.69 Å². The van der Waals surface area contributed by atoms with Gasteiger partial charge in [0.15, 0.2) is 0 Å². The first-order chi connectivity index (χ1) is 7.72. The highest BCUT2D eigenvalue weighted by atomic mass is 19.1. The van der Waals surface area contributed by atoms with Gasteiger partial charge in [-0.1, -0.05) is 13.0 Å². The van der Waals surface area contributed by atoms with E-state index in [1.807, 2.05) is 13.0 Å². The summed E-state index contributed by atoms with van der Waals surface area (Å²) in [4.78, 5) is 3.78. The van der Waals surface area contributed by atoms with E-state index in [1.54, 1.807) is 6.07 Å². The number of rotatable bonds is 3. The summed E-state index contributed by atoms with van der Waals surface area (Å²) in [7, 11) is 0. The number of benzene rings is 1. The molecule has 0 aliphatic rings. The minimum atomic E-state index is -0.316. The molecule has 0 bridgehead atoms. The van der Waals surface area contributed by atoms with E-state index in [4.69, 9.17) is 5.73 Å². The van der Waals surface area contributed by atoms with E-state index in [0.717, 1.165) is 5.56 Å². The van der Waals surface area contributed by atoms with E-state index in [1.165, 1.54) is 23.4 Å². The van der Waals surface area contributed by atoms with Gasteiger partial charge in [-0.2, -0.15) is 5.10 Å². The first-order valence-corrected chi connectivity index (χ1v) is 5.07. The Bertz CT molecular complexity index is 467. The first-order valence-electron chi connectivity index (χ1n) is 5.07. The van der Waals surface area contributed by atoms with Crippen LogP contribution in [0.4, 0.5) is 4.39 Å². The van der Waals surface area contributed by atoms with Crippen LogP contribution in [0, 0.1) is 5.82 Å². The van der Waals surface area contributed by atoms with Crippen LogP contribution in [-0.2, 0) is 0 Å². The maximum absolute atomic E-state index is 13.8. The van der Waals surface area contributed by atoms with Crippen molar-refractivity contribution in [2.24, 2.45) is 5.73 Å². The monoisotopic (exact) mass is 220 g/mol. The average molecular weight is 220 g/mol. The number of nitrogens with zero attached hydrogens (tertiary/aromatic N) is 3. The highest BCUT2D eigenvalue weighted by molar-refractivity contribution is 5.36. The van der Waals surface area contributed by atoms with Gasteiger partial charge in [-0.3, -0.25) is 0 Å². The molecule has 0 aliphatic heterocycles. The minimum absolute atomic E-state index is 0.152. The normalized spacial score (nSPS) is 12.7. The Labute approximate surface area is 92.9 Å². The molecule has 5 heteroatoms. The predicted octanol–water partition coefficient (Wildman–Crippen LogP) is 1.47. The SMILES string of the molecule is CC(CN)c1ccc(-n2cncn2)c(F)c1. The maximum Gasteiger partial charge on any atom is 0.149 e. The third kappa shape index (κ3) is 1.94. The molecule has 1 aromatic heterocycles. The fourth-order valence-electron chi connectivity index (χ4n) is 1.48. The summed E-state index contributed by atoms with van der Waals surface area (Å²) in [6.07, 6.45) is 2.83. The third-order valence-corrected chi connectivity index (χ3v) is 2.56. The second-order valence-corrected chi connectivity index (χ2v) is 3.69. The van der Waals surface area contributed by atoms with Gasteiger partial charge in [-0.25, -0.2) is 14.1 Å². The zero-order chi connectivity index (χ0) is 11.5. The summed E-state index contributed by atoms with van der Waals surface area (Å²) < 4.78 is 15.2. The molecule has 1 unspecified atom stereocenters. The van der Waals surface area contributed by atoms with Gasteiger partial charge in [-0.15, -0.1) is 0 Å². The lowest BCUT2D eigenvalue weighted by molar-refractivity contribution is 0.605. The third-order valence-electron chi connectivity index (χ3n) is 2.56. The van der Waals surface area contributed by atoms with Crippen molar-refractivity contribution in [3.63, 3.8) is 0 Å². The number of nitrogens with two attached hydrogens (primary N) is 1. The van der Waals surface area contributed by atoms with Crippen molar-refractivity contribution < 1.29 is 4.39 Å². The fraction of sp³-hybridized carbons (Fsp3) is 0.273. The molecule has 1 atom stereocenters. The molecule has 1 aromatic carbocycles. The Morgan fingerprint density at radius 3 is 2.88 bits per heavy atom. The molecule has 0 spiro atoms. The van der Waals surface area contributed by atoms with Crippen LogP contribution in [0.15, 0.2) is 30.9 Å². The van der Waals surface area contributed by atoms with Crippen LogP contribution < -0.4 is 5.73 Å². The van der Waals surface area contributed by atoms with Gasteiger partial charge in [0.2, 0.25) is 0 Å². The highest BCUT2D eigenvalue weighted by Gasteiger charge is 2.09. The van der Waals surface area contributed by atoms with Crippen molar-refractivity contribution in [3.05, 3.63) is 42.2 Å². The van der Waals surface area contributed by atoms with Gasteiger partial charge >= 0.3 is 0 Å². The van der Waals surface area contributed by atoms with Crippen LogP contribution in [0.2, 0.25) is 0 Å². The molecule has 2 rings (SSSR count). The van der Waals surface area contributed by atoms with E-state index >= 15 is 0 Å². The number of hydrogen-bond acceptors (Lipinski definition) is 3. The van der Waals surface area contributed by atoms with Crippen molar-refractivity contribution in [1.29, 1.82) is 0 Å². The zero-order valence-corrected chi connectivity index (χ0v) is 8.97. The number of aromatic nitrogens is 3. The second-order valence-electron chi connectivity index (χ2n) is 3.69. The lowest BCUT2D eigenvalue weighted by atomic mass is 10.0. The Morgan fingerprint density at radius 1 is 1.50 bits per heavy atom. The molecular weight excluding hydrogens is 207 g/mol. The van der Waals surface area contributed by atoms with Crippen LogP contribution in [0.1, 0.15) is 18.4 Å². The van der Waals surface area contributed by atoms with Gasteiger partial charge < -0.3 is 5.73 Å². The highest BCUT2D eigenvalue weighted by Crippen LogP contribution is 2.19. The van der Waals surface area contributed by atoms with Crippen molar-refractivity contribution in [3.8, 4) is 5.69 Å². The summed E-state index contributed by atoms with van der Waals surface area (Å²) in [5.41, 5.74) is 6.82. The summed E-state index contributed by atoms with van der Waals surface area (Å²) >= 11 is 0. The van der Waals surface area contributed by atoms with E-state index in [-0.39, 0.29) is 11.7 Å². The molecule has 0 amide bonds. The number of hydrogen-bond donors (Lipinski definition) is 1. The van der Waals surface area contributed by atoms with E-state index < -0.39 is 0 Å². The predicted molar refractivity (Wildman–Crippen MR) is 58.8 cm³/mol. The van der Waals surface area contributed by atoms with E-state index in [2.05, 4.69) is 10.1 Å². The summed E-state index contributed by atoms with van der Waals surface area (Å²) in [5.74, 6) is -0.164. The molecule has 1 heterocycles. The Hall–Kier alpha value is -1.75. The first kappa shape index (κ1) is 10.8. The van der Waals surface area contributed by atoms with Crippen LogP contribution in [-0.4, -0.2) is 21.3 Å². The Kier molecular flexibility index (Phi) is 2.96. The Morgan fingerprint density at radius 2 is 2.31 bits per heavy atom. The molecule has 0 fully saturated rings. The largest absolute Gasteiger partial charge is 0.330 e. The minimum Gasteiger partial charge on any atom is -0.330 e. The van der Waals surface area contributed by atoms with Crippen LogP contribution in [0.5, 0.6) is 0 Å². The topological polar surface area (TPSA) is 56.7 Å². The van der Waals surface area contributed by atoms with Crippen LogP contribution >= 0.6 is 0 Å². The summed E-state index contributed by atoms with van der Waals surface area (Å²) in [5, 5.41) is 3.88. The second kappa shape index (κ2) is 4.40. The lowest BCUT2D eigenvalue weighted by Crippen LogP contribution is -2.09. The molecule has 4 nitrogen and oxygen atoms in total. The quantitative estimate of drug-likeness (QED) is 0.852. The molecule has 0 saturated heterocycles. The Balaban J connectivity index is 2.37. The lowest BCUT2D eigenvalue weighted by Gasteiger charge is -2.10. The maximum atomic E-state index is 13.8. The smallest absolute Gasteiger partial charge is 0.149 e. The molecule has 16 heavy (non-hydrogen) atoms. The summed E-state index contributed by atoms with van der Waals surface area (Å²) in [6.45, 7) is 2.46. The van der Waals surface area contributed by atoms with Gasteiger partial charge in [0.05, 0.1) is 0 Å². The average Bonchev–Trinajstić information content (AvgIpc) is 2.81. The van der Waals surface area contributed by atoms with Crippen molar-refractivity contribution in [1.82, 2.24) is 14.8 Å². The molecule has 2 aromatic rings. The number of halogens is 1. The zero-order valence-electron chi connectivity index (χ0n) is 8.97. The molecule has 0 radical (unpaired) electrons. The standard InChI is InChI=1S/C11H13FN4/c1-8(5-13)9-2-3-11(10(12)4-9)16-7-14-6-15-16/h2-4,6-8H,5,13H2,1H3. The fourth-order valence-corrected chi connectivity index (χ4v) is 1.48. The van der Waals surface area contributed by atoms with E-state index in [9.17, 15) is 4.39 Å². The summed E-state index contributed by atoms with van der Waals surface area (Å²) in [6, 6.07) is 5.04. The molecule has 2 N–H and O–H groups in total. The van der Waals surface area contributed by atoms with Crippen LogP contribution in [0.3, 0.4) is 0 Å². The van der Waals surface area contributed by atoms with Crippen molar-refractivity contribution in [2.75, 3.05) is 6.54 Å². The van der Waals surface area contributed by atoms with E-state index in [0.29, 0.717) is 12.2 Å².